The number of aromatic nitrogens is 2. The smallest absolute Gasteiger partial charge is 0.332 e. The molecule has 192 valence electrons. The molecule has 5 aromatic rings. The molecule has 39 heavy (non-hydrogen) atoms. The number of nitrogens with one attached hydrogen (secondary N) is 1. The van der Waals surface area contributed by atoms with Crippen molar-refractivity contribution < 1.29 is 4.79 Å². The number of para-hydroxylation sites is 1. The summed E-state index contributed by atoms with van der Waals surface area (Å²) in [5, 5.41) is 12.8. The maximum absolute atomic E-state index is 13.6. The fraction of sp³-hybridized carbons (Fsp3) is 0.125. The molecular formula is C32H26N4O3. The van der Waals surface area contributed by atoms with Crippen molar-refractivity contribution >= 4 is 16.8 Å². The lowest BCUT2D eigenvalue weighted by Gasteiger charge is -2.15. The highest BCUT2D eigenvalue weighted by Crippen LogP contribution is 2.14. The molecule has 0 atom stereocenters. The first kappa shape index (κ1) is 25.4. The summed E-state index contributed by atoms with van der Waals surface area (Å²) in [5.41, 5.74) is 4.19. The van der Waals surface area contributed by atoms with Gasteiger partial charge in [-0.05, 0) is 53.9 Å². The third-order valence-electron chi connectivity index (χ3n) is 6.73. The second-order valence-electron chi connectivity index (χ2n) is 9.41. The summed E-state index contributed by atoms with van der Waals surface area (Å²) >= 11 is 0. The van der Waals surface area contributed by atoms with Crippen LogP contribution in [0.1, 0.15) is 38.2 Å². The van der Waals surface area contributed by atoms with Crippen LogP contribution in [0.25, 0.3) is 10.9 Å². The van der Waals surface area contributed by atoms with Crippen LogP contribution in [0.4, 0.5) is 0 Å². The standard InChI is InChI=1S/C32H26N4O3/c1-22-10-12-23(13-11-22)19-34-30(37)25-16-14-24(15-17-25)20-36-31(38)28-8-4-5-9-29(28)35(32(36)39)21-27-7-3-2-6-26(27)18-33/h2-17H,19-21H2,1H3,(H,34,37). The monoisotopic (exact) mass is 514 g/mol. The van der Waals surface area contributed by atoms with Crippen LogP contribution in [0.15, 0.2) is 107 Å². The van der Waals surface area contributed by atoms with E-state index in [-0.39, 0.29) is 24.6 Å². The van der Waals surface area contributed by atoms with Crippen molar-refractivity contribution in [2.24, 2.45) is 0 Å². The fourth-order valence-corrected chi connectivity index (χ4v) is 4.54. The summed E-state index contributed by atoms with van der Waals surface area (Å²) < 4.78 is 2.73. The van der Waals surface area contributed by atoms with Crippen molar-refractivity contribution in [1.82, 2.24) is 14.5 Å². The Morgan fingerprint density at radius 2 is 1.46 bits per heavy atom. The van der Waals surface area contributed by atoms with Crippen LogP contribution in [-0.4, -0.2) is 15.0 Å². The molecule has 7 heteroatoms. The molecule has 1 heterocycles. The van der Waals surface area contributed by atoms with Gasteiger partial charge in [0.25, 0.3) is 11.5 Å². The lowest BCUT2D eigenvalue weighted by molar-refractivity contribution is 0.0951. The number of hydrogen-bond donors (Lipinski definition) is 1. The first-order valence-corrected chi connectivity index (χ1v) is 12.6. The van der Waals surface area contributed by atoms with E-state index in [9.17, 15) is 19.6 Å². The third kappa shape index (κ3) is 5.41. The molecule has 0 aliphatic heterocycles. The molecule has 1 N–H and O–H groups in total. The van der Waals surface area contributed by atoms with Crippen molar-refractivity contribution in [3.05, 3.63) is 151 Å². The average molecular weight is 515 g/mol. The summed E-state index contributed by atoms with van der Waals surface area (Å²) in [7, 11) is 0. The van der Waals surface area contributed by atoms with Gasteiger partial charge in [-0.1, -0.05) is 72.3 Å². The highest BCUT2D eigenvalue weighted by Gasteiger charge is 2.15. The molecule has 1 aromatic heterocycles. The molecule has 0 saturated heterocycles. The van der Waals surface area contributed by atoms with Crippen molar-refractivity contribution in [1.29, 1.82) is 5.26 Å². The Morgan fingerprint density at radius 1 is 0.795 bits per heavy atom. The van der Waals surface area contributed by atoms with Gasteiger partial charge in [0.15, 0.2) is 0 Å². The molecule has 0 bridgehead atoms. The van der Waals surface area contributed by atoms with E-state index < -0.39 is 5.69 Å². The molecule has 0 radical (unpaired) electrons. The Hall–Kier alpha value is -5.22. The lowest BCUT2D eigenvalue weighted by Crippen LogP contribution is -2.40. The van der Waals surface area contributed by atoms with Crippen LogP contribution >= 0.6 is 0 Å². The normalized spacial score (nSPS) is 10.8. The summed E-state index contributed by atoms with van der Waals surface area (Å²) in [6.45, 7) is 2.64. The highest BCUT2D eigenvalue weighted by atomic mass is 16.2. The van der Waals surface area contributed by atoms with Crippen LogP contribution < -0.4 is 16.6 Å². The number of carbonyl (C=O) groups excluding carboxylic acids is 1. The Kier molecular flexibility index (Phi) is 7.19. The number of carbonyl (C=O) groups is 1. The van der Waals surface area contributed by atoms with Gasteiger partial charge in [0.1, 0.15) is 0 Å². The second-order valence-corrected chi connectivity index (χ2v) is 9.41. The lowest BCUT2D eigenvalue weighted by atomic mass is 10.1. The van der Waals surface area contributed by atoms with Crippen molar-refractivity contribution in [3.8, 4) is 6.07 Å². The maximum atomic E-state index is 13.6. The molecule has 0 fully saturated rings. The summed E-state index contributed by atoms with van der Waals surface area (Å²) in [6, 6.07) is 31.1. The Bertz CT molecular complexity index is 1830. The fourth-order valence-electron chi connectivity index (χ4n) is 4.54. The van der Waals surface area contributed by atoms with Gasteiger partial charge in [-0.15, -0.1) is 0 Å². The Balaban J connectivity index is 1.42. The van der Waals surface area contributed by atoms with Crippen LogP contribution in [0, 0.1) is 18.3 Å². The van der Waals surface area contributed by atoms with Gasteiger partial charge < -0.3 is 5.32 Å². The maximum Gasteiger partial charge on any atom is 0.332 e. The molecule has 7 nitrogen and oxygen atoms in total. The predicted octanol–water partition coefficient (Wildman–Crippen LogP) is 4.37. The molecule has 5 rings (SSSR count). The number of fused-ring (bicyclic) bond motifs is 1. The number of amides is 1. The van der Waals surface area contributed by atoms with Crippen molar-refractivity contribution in [3.63, 3.8) is 0 Å². The molecular weight excluding hydrogens is 488 g/mol. The predicted molar refractivity (Wildman–Crippen MR) is 151 cm³/mol. The van der Waals surface area contributed by atoms with Gasteiger partial charge in [-0.3, -0.25) is 18.7 Å². The minimum Gasteiger partial charge on any atom is -0.348 e. The van der Waals surface area contributed by atoms with Gasteiger partial charge in [0.05, 0.1) is 35.6 Å². The largest absolute Gasteiger partial charge is 0.348 e. The van der Waals surface area contributed by atoms with Crippen molar-refractivity contribution in [2.75, 3.05) is 0 Å². The van der Waals surface area contributed by atoms with E-state index in [1.807, 2.05) is 37.3 Å². The average Bonchev–Trinajstić information content (AvgIpc) is 2.97. The Morgan fingerprint density at radius 3 is 2.21 bits per heavy atom. The summed E-state index contributed by atoms with van der Waals surface area (Å²) in [4.78, 5) is 39.6. The van der Waals surface area contributed by atoms with Crippen LogP contribution in [-0.2, 0) is 19.6 Å². The zero-order chi connectivity index (χ0) is 27.4. The molecule has 1 amide bonds. The Labute approximate surface area is 225 Å². The highest BCUT2D eigenvalue weighted by molar-refractivity contribution is 5.94. The molecule has 0 saturated carbocycles. The van der Waals surface area contributed by atoms with E-state index in [1.54, 1.807) is 66.7 Å². The van der Waals surface area contributed by atoms with Crippen molar-refractivity contribution in [2.45, 2.75) is 26.6 Å². The van der Waals surface area contributed by atoms with E-state index >= 15 is 0 Å². The number of benzene rings is 4. The number of nitrogens with zero attached hydrogens (tertiary/aromatic N) is 3. The molecule has 0 spiro atoms. The first-order chi connectivity index (χ1) is 18.9. The SMILES string of the molecule is Cc1ccc(CNC(=O)c2ccc(Cn3c(=O)c4ccccc4n(Cc4ccccc4C#N)c3=O)cc2)cc1. The first-order valence-electron chi connectivity index (χ1n) is 12.6. The molecule has 4 aromatic carbocycles. The topological polar surface area (TPSA) is 96.9 Å². The number of nitriles is 1. The summed E-state index contributed by atoms with van der Waals surface area (Å²) in [6.07, 6.45) is 0. The number of aryl methyl sites for hydroxylation is 1. The quantitative estimate of drug-likeness (QED) is 0.349. The van der Waals surface area contributed by atoms with Gasteiger partial charge >= 0.3 is 5.69 Å². The third-order valence-corrected chi connectivity index (χ3v) is 6.73. The van der Waals surface area contributed by atoms with E-state index in [4.69, 9.17) is 0 Å². The molecule has 0 unspecified atom stereocenters. The summed E-state index contributed by atoms with van der Waals surface area (Å²) in [5.74, 6) is -0.205. The minimum absolute atomic E-state index is 0.0493. The van der Waals surface area contributed by atoms with Gasteiger partial charge in [-0.2, -0.15) is 5.26 Å². The van der Waals surface area contributed by atoms with Crippen LogP contribution in [0.3, 0.4) is 0 Å². The van der Waals surface area contributed by atoms with Gasteiger partial charge in [0, 0.05) is 12.1 Å². The van der Waals surface area contributed by atoms with E-state index in [0.29, 0.717) is 39.7 Å². The van der Waals surface area contributed by atoms with Crippen LogP contribution in [0.5, 0.6) is 0 Å². The van der Waals surface area contributed by atoms with E-state index in [1.165, 1.54) is 9.13 Å². The van der Waals surface area contributed by atoms with Crippen LogP contribution in [0.2, 0.25) is 0 Å². The van der Waals surface area contributed by atoms with E-state index in [0.717, 1.165) is 11.1 Å². The number of rotatable bonds is 7. The molecule has 0 aliphatic carbocycles. The minimum atomic E-state index is -0.466. The second kappa shape index (κ2) is 11.0. The van der Waals surface area contributed by atoms with Gasteiger partial charge in [0.2, 0.25) is 0 Å². The van der Waals surface area contributed by atoms with Gasteiger partial charge in [-0.25, -0.2) is 4.79 Å². The van der Waals surface area contributed by atoms with E-state index in [2.05, 4.69) is 11.4 Å². The zero-order valence-corrected chi connectivity index (χ0v) is 21.4. The number of hydrogen-bond acceptors (Lipinski definition) is 4. The zero-order valence-electron chi connectivity index (χ0n) is 21.4. The molecule has 0 aliphatic rings.